The van der Waals surface area contributed by atoms with Gasteiger partial charge in [-0.1, -0.05) is 0 Å². The molecule has 0 aliphatic carbocycles. The van der Waals surface area contributed by atoms with Crippen LogP contribution in [-0.4, -0.2) is 42.4 Å². The SMILES string of the molecule is O=S(=O)(c1ccc2c(c1)CCO2)N1CCC(c2nc3cc(F)ccc3[nH]2)CC1. The van der Waals surface area contributed by atoms with Gasteiger partial charge in [0.25, 0.3) is 0 Å². The summed E-state index contributed by atoms with van der Waals surface area (Å²) in [6.45, 7) is 1.48. The maximum Gasteiger partial charge on any atom is 0.243 e. The largest absolute Gasteiger partial charge is 0.493 e. The summed E-state index contributed by atoms with van der Waals surface area (Å²) in [5.74, 6) is 1.40. The van der Waals surface area contributed by atoms with Crippen LogP contribution in [0.15, 0.2) is 41.3 Å². The summed E-state index contributed by atoms with van der Waals surface area (Å²) in [7, 11) is -3.52. The van der Waals surface area contributed by atoms with Gasteiger partial charge in [0.15, 0.2) is 0 Å². The van der Waals surface area contributed by atoms with Crippen LogP contribution >= 0.6 is 0 Å². The third kappa shape index (κ3) is 2.97. The van der Waals surface area contributed by atoms with Gasteiger partial charge >= 0.3 is 0 Å². The zero-order valence-corrected chi connectivity index (χ0v) is 16.0. The molecule has 3 aromatic rings. The van der Waals surface area contributed by atoms with Crippen molar-refractivity contribution in [1.82, 2.24) is 14.3 Å². The summed E-state index contributed by atoms with van der Waals surface area (Å²) in [4.78, 5) is 8.08. The molecule has 5 rings (SSSR count). The Morgan fingerprint density at radius 1 is 1.14 bits per heavy atom. The molecule has 0 amide bonds. The van der Waals surface area contributed by atoms with Crippen LogP contribution in [0.2, 0.25) is 0 Å². The lowest BCUT2D eigenvalue weighted by molar-refractivity contribution is 0.314. The second-order valence-corrected chi connectivity index (χ2v) is 9.27. The highest BCUT2D eigenvalue weighted by Gasteiger charge is 2.31. The molecule has 8 heteroatoms. The van der Waals surface area contributed by atoms with Crippen molar-refractivity contribution in [2.24, 2.45) is 0 Å². The van der Waals surface area contributed by atoms with Crippen molar-refractivity contribution in [3.05, 3.63) is 53.6 Å². The Labute approximate surface area is 162 Å². The monoisotopic (exact) mass is 401 g/mol. The van der Waals surface area contributed by atoms with E-state index in [9.17, 15) is 12.8 Å². The van der Waals surface area contributed by atoms with Crippen LogP contribution in [-0.2, 0) is 16.4 Å². The first-order valence-electron chi connectivity index (χ1n) is 9.42. The summed E-state index contributed by atoms with van der Waals surface area (Å²) in [6, 6.07) is 9.60. The number of halogens is 1. The minimum Gasteiger partial charge on any atom is -0.493 e. The van der Waals surface area contributed by atoms with E-state index >= 15 is 0 Å². The summed E-state index contributed by atoms with van der Waals surface area (Å²) in [6.07, 6.45) is 2.10. The average molecular weight is 401 g/mol. The number of benzene rings is 2. The third-order valence-corrected chi connectivity index (χ3v) is 7.50. The molecule has 0 unspecified atom stereocenters. The highest BCUT2D eigenvalue weighted by Crippen LogP contribution is 2.33. The van der Waals surface area contributed by atoms with E-state index in [1.807, 2.05) is 0 Å². The third-order valence-electron chi connectivity index (χ3n) is 5.60. The summed E-state index contributed by atoms with van der Waals surface area (Å²) < 4.78 is 46.4. The van der Waals surface area contributed by atoms with Crippen LogP contribution in [0.4, 0.5) is 4.39 Å². The van der Waals surface area contributed by atoms with Crippen LogP contribution in [0.1, 0.15) is 30.1 Å². The number of nitrogens with zero attached hydrogens (tertiary/aromatic N) is 2. The van der Waals surface area contributed by atoms with Crippen molar-refractivity contribution in [3.63, 3.8) is 0 Å². The molecule has 0 spiro atoms. The molecular weight excluding hydrogens is 381 g/mol. The van der Waals surface area contributed by atoms with Gasteiger partial charge in [0, 0.05) is 31.5 Å². The number of ether oxygens (including phenoxy) is 1. The number of nitrogens with one attached hydrogen (secondary N) is 1. The summed E-state index contributed by atoms with van der Waals surface area (Å²) >= 11 is 0. The van der Waals surface area contributed by atoms with Crippen molar-refractivity contribution < 1.29 is 17.5 Å². The molecule has 1 N–H and O–H groups in total. The minimum absolute atomic E-state index is 0.135. The molecule has 1 fully saturated rings. The molecule has 1 saturated heterocycles. The first-order chi connectivity index (χ1) is 13.5. The topological polar surface area (TPSA) is 75.3 Å². The highest BCUT2D eigenvalue weighted by atomic mass is 32.2. The van der Waals surface area contributed by atoms with Crippen LogP contribution < -0.4 is 4.74 Å². The number of hydrogen-bond acceptors (Lipinski definition) is 4. The average Bonchev–Trinajstić information content (AvgIpc) is 3.33. The van der Waals surface area contributed by atoms with E-state index in [2.05, 4.69) is 9.97 Å². The van der Waals surface area contributed by atoms with Crippen molar-refractivity contribution in [2.75, 3.05) is 19.7 Å². The standard InChI is InChI=1S/C20H20FN3O3S/c21-15-1-3-17-18(12-15)23-20(22-17)13-5-8-24(9-6-13)28(25,26)16-2-4-19-14(11-16)7-10-27-19/h1-4,11-13H,5-10H2,(H,22,23). The molecule has 0 saturated carbocycles. The molecule has 0 atom stereocenters. The van der Waals surface area contributed by atoms with E-state index in [1.54, 1.807) is 28.6 Å². The van der Waals surface area contributed by atoms with E-state index < -0.39 is 10.0 Å². The fourth-order valence-corrected chi connectivity index (χ4v) is 5.55. The molecule has 0 bridgehead atoms. The van der Waals surface area contributed by atoms with Crippen LogP contribution in [0.3, 0.4) is 0 Å². The molecule has 146 valence electrons. The van der Waals surface area contributed by atoms with Crippen molar-refractivity contribution in [2.45, 2.75) is 30.1 Å². The number of rotatable bonds is 3. The second kappa shape index (κ2) is 6.56. The highest BCUT2D eigenvalue weighted by molar-refractivity contribution is 7.89. The number of imidazole rings is 1. The maximum absolute atomic E-state index is 13.4. The van der Waals surface area contributed by atoms with Crippen LogP contribution in [0.5, 0.6) is 5.75 Å². The van der Waals surface area contributed by atoms with E-state index in [0.717, 1.165) is 29.1 Å². The zero-order valence-electron chi connectivity index (χ0n) is 15.2. The number of aromatic amines is 1. The molecule has 28 heavy (non-hydrogen) atoms. The Kier molecular flexibility index (Phi) is 4.13. The Bertz CT molecular complexity index is 1150. The molecule has 6 nitrogen and oxygen atoms in total. The molecule has 1 aromatic heterocycles. The lowest BCUT2D eigenvalue weighted by Gasteiger charge is -2.30. The fourth-order valence-electron chi connectivity index (χ4n) is 4.03. The van der Waals surface area contributed by atoms with Crippen LogP contribution in [0.25, 0.3) is 11.0 Å². The van der Waals surface area contributed by atoms with Crippen LogP contribution in [0, 0.1) is 5.82 Å². The fraction of sp³-hybridized carbons (Fsp3) is 0.350. The predicted octanol–water partition coefficient (Wildman–Crippen LogP) is 3.21. The molecule has 0 radical (unpaired) electrons. The van der Waals surface area contributed by atoms with Gasteiger partial charge in [-0.3, -0.25) is 0 Å². The number of hydrogen-bond donors (Lipinski definition) is 1. The summed E-state index contributed by atoms with van der Waals surface area (Å²) in [5, 5.41) is 0. The second-order valence-electron chi connectivity index (χ2n) is 7.33. The van der Waals surface area contributed by atoms with Gasteiger partial charge in [0.2, 0.25) is 10.0 Å². The van der Waals surface area contributed by atoms with E-state index in [0.29, 0.717) is 43.0 Å². The van der Waals surface area contributed by atoms with Crippen molar-refractivity contribution in [3.8, 4) is 5.75 Å². The van der Waals surface area contributed by atoms with Gasteiger partial charge in [0.1, 0.15) is 17.4 Å². The summed E-state index contributed by atoms with van der Waals surface area (Å²) in [5.41, 5.74) is 2.35. The molecule has 2 aliphatic rings. The number of H-pyrrole nitrogens is 1. The van der Waals surface area contributed by atoms with E-state index in [1.165, 1.54) is 12.1 Å². The molecular formula is C20H20FN3O3S. The van der Waals surface area contributed by atoms with Gasteiger partial charge in [-0.15, -0.1) is 0 Å². The first kappa shape index (κ1) is 17.6. The minimum atomic E-state index is -3.52. The maximum atomic E-state index is 13.4. The number of piperidine rings is 1. The molecule has 2 aliphatic heterocycles. The number of aromatic nitrogens is 2. The lowest BCUT2D eigenvalue weighted by atomic mass is 9.97. The van der Waals surface area contributed by atoms with Gasteiger partial charge in [-0.05, 0) is 48.7 Å². The zero-order chi connectivity index (χ0) is 19.3. The van der Waals surface area contributed by atoms with Gasteiger partial charge in [0.05, 0.1) is 22.5 Å². The number of sulfonamides is 1. The Morgan fingerprint density at radius 2 is 1.96 bits per heavy atom. The molecule has 3 heterocycles. The quantitative estimate of drug-likeness (QED) is 0.731. The molecule has 2 aromatic carbocycles. The Hall–Kier alpha value is -2.45. The predicted molar refractivity (Wildman–Crippen MR) is 102 cm³/mol. The Balaban J connectivity index is 1.33. The Morgan fingerprint density at radius 3 is 2.79 bits per heavy atom. The normalized spacial score (nSPS) is 18.3. The van der Waals surface area contributed by atoms with Gasteiger partial charge in [-0.25, -0.2) is 17.8 Å². The van der Waals surface area contributed by atoms with Crippen molar-refractivity contribution in [1.29, 1.82) is 0 Å². The number of fused-ring (bicyclic) bond motifs is 2. The van der Waals surface area contributed by atoms with Crippen molar-refractivity contribution >= 4 is 21.1 Å². The van der Waals surface area contributed by atoms with E-state index in [-0.39, 0.29) is 11.7 Å². The first-order valence-corrected chi connectivity index (χ1v) is 10.9. The van der Waals surface area contributed by atoms with E-state index in [4.69, 9.17) is 4.74 Å². The van der Waals surface area contributed by atoms with Gasteiger partial charge < -0.3 is 9.72 Å². The smallest absolute Gasteiger partial charge is 0.243 e. The lowest BCUT2D eigenvalue weighted by Crippen LogP contribution is -2.38. The van der Waals surface area contributed by atoms with Gasteiger partial charge in [-0.2, -0.15) is 4.31 Å².